The van der Waals surface area contributed by atoms with Gasteiger partial charge in [0.1, 0.15) is 0 Å². The lowest BCUT2D eigenvalue weighted by atomic mass is 10.1. The second-order valence-corrected chi connectivity index (χ2v) is 5.02. The van der Waals surface area contributed by atoms with Crippen LogP contribution < -0.4 is 0 Å². The number of nitrogens with zero attached hydrogens (tertiary/aromatic N) is 1. The van der Waals surface area contributed by atoms with Crippen LogP contribution in [-0.2, 0) is 6.42 Å². The Balaban J connectivity index is 1.93. The maximum Gasteiger partial charge on any atom is 0.407 e. The van der Waals surface area contributed by atoms with E-state index in [-0.39, 0.29) is 12.6 Å². The number of rotatable bonds is 5. The Morgan fingerprint density at radius 3 is 2.67 bits per heavy atom. The molecule has 0 heterocycles. The summed E-state index contributed by atoms with van der Waals surface area (Å²) in [4.78, 5) is 12.3. The van der Waals surface area contributed by atoms with Crippen LogP contribution in [0.1, 0.15) is 18.4 Å². The molecule has 1 aromatic carbocycles. The molecular weight excluding hydrogens is 254 g/mol. The molecule has 4 nitrogen and oxygen atoms in total. The van der Waals surface area contributed by atoms with Crippen LogP contribution in [0.3, 0.4) is 0 Å². The van der Waals surface area contributed by atoms with E-state index in [1.165, 1.54) is 4.90 Å². The van der Waals surface area contributed by atoms with Crippen LogP contribution in [0.25, 0.3) is 0 Å². The van der Waals surface area contributed by atoms with E-state index in [1.54, 1.807) is 6.07 Å². The van der Waals surface area contributed by atoms with Crippen molar-refractivity contribution in [2.75, 3.05) is 6.54 Å². The van der Waals surface area contributed by atoms with Crippen molar-refractivity contribution >= 4 is 17.7 Å². The number of amides is 1. The van der Waals surface area contributed by atoms with Gasteiger partial charge in [0.15, 0.2) is 0 Å². The third-order valence-electron chi connectivity index (χ3n) is 3.05. The predicted molar refractivity (Wildman–Crippen MR) is 68.9 cm³/mol. The number of carbonyl (C=O) groups is 1. The van der Waals surface area contributed by atoms with Crippen LogP contribution in [0, 0.1) is 0 Å². The molecule has 0 bridgehead atoms. The van der Waals surface area contributed by atoms with Gasteiger partial charge in [-0.25, -0.2) is 4.79 Å². The molecule has 1 atom stereocenters. The Kier molecular flexibility index (Phi) is 4.09. The van der Waals surface area contributed by atoms with E-state index in [4.69, 9.17) is 16.7 Å². The van der Waals surface area contributed by atoms with Crippen LogP contribution in [0.15, 0.2) is 24.3 Å². The van der Waals surface area contributed by atoms with Gasteiger partial charge in [0, 0.05) is 17.5 Å². The molecule has 1 unspecified atom stereocenters. The van der Waals surface area contributed by atoms with Crippen molar-refractivity contribution in [2.24, 2.45) is 0 Å². The minimum atomic E-state index is -0.962. The first-order valence-corrected chi connectivity index (χ1v) is 6.36. The molecule has 0 aliphatic heterocycles. The van der Waals surface area contributed by atoms with E-state index < -0.39 is 12.2 Å². The number of aliphatic hydroxyl groups excluding tert-OH is 1. The lowest BCUT2D eigenvalue weighted by molar-refractivity contribution is 0.0933. The summed E-state index contributed by atoms with van der Waals surface area (Å²) in [5.74, 6) is 0. The molecular formula is C13H16ClNO3. The molecule has 1 aliphatic rings. The van der Waals surface area contributed by atoms with Gasteiger partial charge in [-0.2, -0.15) is 0 Å². The average molecular weight is 270 g/mol. The fourth-order valence-corrected chi connectivity index (χ4v) is 2.19. The lowest BCUT2D eigenvalue weighted by Crippen LogP contribution is -2.38. The van der Waals surface area contributed by atoms with Crippen LogP contribution >= 0.6 is 11.6 Å². The van der Waals surface area contributed by atoms with Crippen molar-refractivity contribution in [3.8, 4) is 0 Å². The van der Waals surface area contributed by atoms with Crippen molar-refractivity contribution in [3.63, 3.8) is 0 Å². The summed E-state index contributed by atoms with van der Waals surface area (Å²) in [6.07, 6.45) is 0.476. The number of hydrogen-bond acceptors (Lipinski definition) is 2. The maximum absolute atomic E-state index is 11.0. The van der Waals surface area contributed by atoms with E-state index in [9.17, 15) is 9.90 Å². The summed E-state index contributed by atoms with van der Waals surface area (Å²) >= 11 is 6.00. The van der Waals surface area contributed by atoms with E-state index in [2.05, 4.69) is 0 Å². The van der Waals surface area contributed by atoms with Gasteiger partial charge in [0.25, 0.3) is 0 Å². The smallest absolute Gasteiger partial charge is 0.407 e. The Bertz CT molecular complexity index is 434. The summed E-state index contributed by atoms with van der Waals surface area (Å²) in [5.41, 5.74) is 0.841. The monoisotopic (exact) mass is 269 g/mol. The Morgan fingerprint density at radius 1 is 1.44 bits per heavy atom. The second-order valence-electron chi connectivity index (χ2n) is 4.62. The number of aliphatic hydroxyl groups is 1. The predicted octanol–water partition coefficient (Wildman–Crippen LogP) is 2.39. The summed E-state index contributed by atoms with van der Waals surface area (Å²) in [6.45, 7) is 0.144. The largest absolute Gasteiger partial charge is 0.465 e. The first kappa shape index (κ1) is 13.2. The zero-order valence-corrected chi connectivity index (χ0v) is 10.7. The van der Waals surface area contributed by atoms with Gasteiger partial charge in [0.05, 0.1) is 12.6 Å². The highest BCUT2D eigenvalue weighted by Gasteiger charge is 2.33. The molecule has 0 radical (unpaired) electrons. The number of hydrogen-bond donors (Lipinski definition) is 2. The Labute approximate surface area is 111 Å². The molecule has 5 heteroatoms. The fourth-order valence-electron chi connectivity index (χ4n) is 1.98. The SMILES string of the molecule is O=C(O)N(CC(O)Cc1ccccc1Cl)C1CC1. The van der Waals surface area contributed by atoms with Crippen LogP contribution in [0.2, 0.25) is 5.02 Å². The molecule has 0 aromatic heterocycles. The second kappa shape index (κ2) is 5.59. The van der Waals surface area contributed by atoms with Crippen LogP contribution in [0.5, 0.6) is 0 Å². The van der Waals surface area contributed by atoms with Crippen molar-refractivity contribution < 1.29 is 15.0 Å². The van der Waals surface area contributed by atoms with Crippen LogP contribution in [0.4, 0.5) is 4.79 Å². The first-order chi connectivity index (χ1) is 8.58. The average Bonchev–Trinajstić information content (AvgIpc) is 3.13. The minimum Gasteiger partial charge on any atom is -0.465 e. The molecule has 1 saturated carbocycles. The topological polar surface area (TPSA) is 60.8 Å². The molecule has 1 aliphatic carbocycles. The number of benzene rings is 1. The first-order valence-electron chi connectivity index (χ1n) is 5.99. The van der Waals surface area contributed by atoms with Gasteiger partial charge in [0.2, 0.25) is 0 Å². The minimum absolute atomic E-state index is 0.0865. The molecule has 18 heavy (non-hydrogen) atoms. The van der Waals surface area contributed by atoms with E-state index in [0.29, 0.717) is 11.4 Å². The number of halogens is 1. The molecule has 98 valence electrons. The molecule has 2 N–H and O–H groups in total. The highest BCUT2D eigenvalue weighted by atomic mass is 35.5. The third kappa shape index (κ3) is 3.37. The summed E-state index contributed by atoms with van der Waals surface area (Å²) in [6, 6.07) is 7.37. The van der Waals surface area contributed by atoms with Gasteiger partial charge in [-0.3, -0.25) is 0 Å². The Morgan fingerprint density at radius 2 is 2.11 bits per heavy atom. The molecule has 2 rings (SSSR count). The normalized spacial score (nSPS) is 16.3. The van der Waals surface area contributed by atoms with Gasteiger partial charge >= 0.3 is 6.09 Å². The van der Waals surface area contributed by atoms with Gasteiger partial charge in [-0.1, -0.05) is 29.8 Å². The van der Waals surface area contributed by atoms with Crippen molar-refractivity contribution in [1.29, 1.82) is 0 Å². The van der Waals surface area contributed by atoms with Crippen molar-refractivity contribution in [2.45, 2.75) is 31.4 Å². The standard InChI is InChI=1S/C13H16ClNO3/c14-12-4-2-1-3-9(12)7-11(16)8-15(13(17)18)10-5-6-10/h1-4,10-11,16H,5-8H2,(H,17,18). The highest BCUT2D eigenvalue weighted by Crippen LogP contribution is 2.27. The molecule has 1 amide bonds. The molecule has 0 saturated heterocycles. The lowest BCUT2D eigenvalue weighted by Gasteiger charge is -2.22. The summed E-state index contributed by atoms with van der Waals surface area (Å²) < 4.78 is 0. The molecule has 1 aromatic rings. The zero-order valence-electron chi connectivity index (χ0n) is 9.92. The van der Waals surface area contributed by atoms with E-state index in [1.807, 2.05) is 18.2 Å². The van der Waals surface area contributed by atoms with Crippen molar-refractivity contribution in [1.82, 2.24) is 4.90 Å². The van der Waals surface area contributed by atoms with Gasteiger partial charge in [-0.15, -0.1) is 0 Å². The highest BCUT2D eigenvalue weighted by molar-refractivity contribution is 6.31. The van der Waals surface area contributed by atoms with Crippen molar-refractivity contribution in [3.05, 3.63) is 34.9 Å². The fraction of sp³-hybridized carbons (Fsp3) is 0.462. The third-order valence-corrected chi connectivity index (χ3v) is 3.42. The summed E-state index contributed by atoms with van der Waals surface area (Å²) in [5, 5.41) is 19.6. The zero-order chi connectivity index (χ0) is 13.1. The van der Waals surface area contributed by atoms with Gasteiger partial charge in [-0.05, 0) is 24.5 Å². The quantitative estimate of drug-likeness (QED) is 0.863. The van der Waals surface area contributed by atoms with Gasteiger partial charge < -0.3 is 15.1 Å². The maximum atomic E-state index is 11.0. The van der Waals surface area contributed by atoms with Crippen LogP contribution in [-0.4, -0.2) is 39.9 Å². The Hall–Kier alpha value is -1.26. The molecule has 0 spiro atoms. The van der Waals surface area contributed by atoms with E-state index >= 15 is 0 Å². The number of carboxylic acid groups (broad SMARTS) is 1. The summed E-state index contributed by atoms with van der Waals surface area (Å²) in [7, 11) is 0. The van der Waals surface area contributed by atoms with E-state index in [0.717, 1.165) is 18.4 Å². The molecule has 1 fully saturated rings.